The molecule has 1 unspecified atom stereocenters. The third-order valence-electron chi connectivity index (χ3n) is 4.00. The number of hydrogen-bond acceptors (Lipinski definition) is 1. The van der Waals surface area contributed by atoms with Gasteiger partial charge < -0.3 is 4.90 Å². The van der Waals surface area contributed by atoms with Crippen molar-refractivity contribution in [3.8, 4) is 0 Å². The molecule has 0 heterocycles. The van der Waals surface area contributed by atoms with Gasteiger partial charge in [0, 0.05) is 6.04 Å². The predicted molar refractivity (Wildman–Crippen MR) is 74.5 cm³/mol. The van der Waals surface area contributed by atoms with E-state index in [0.29, 0.717) is 0 Å². The van der Waals surface area contributed by atoms with Crippen LogP contribution in [-0.4, -0.2) is 24.0 Å². The lowest BCUT2D eigenvalue weighted by Gasteiger charge is -2.34. The van der Waals surface area contributed by atoms with Crippen LogP contribution in [0.3, 0.4) is 0 Å². The summed E-state index contributed by atoms with van der Waals surface area (Å²) in [6.45, 7) is 9.22. The Morgan fingerprint density at radius 3 is 2.76 bits per heavy atom. The second-order valence-corrected chi connectivity index (χ2v) is 5.30. The highest BCUT2D eigenvalue weighted by atomic mass is 15.1. The Hall–Kier alpha value is -0.820. The van der Waals surface area contributed by atoms with Gasteiger partial charge in [-0.3, -0.25) is 0 Å². The van der Waals surface area contributed by atoms with E-state index < -0.39 is 0 Å². The van der Waals surface area contributed by atoms with Crippen LogP contribution in [0, 0.1) is 6.92 Å². The van der Waals surface area contributed by atoms with Crippen LogP contribution in [0.15, 0.2) is 18.2 Å². The third kappa shape index (κ3) is 2.90. The van der Waals surface area contributed by atoms with Gasteiger partial charge >= 0.3 is 0 Å². The summed E-state index contributed by atoms with van der Waals surface area (Å²) in [5, 5.41) is 0. The first-order valence-electron chi connectivity index (χ1n) is 7.07. The van der Waals surface area contributed by atoms with Gasteiger partial charge in [0.15, 0.2) is 0 Å². The number of rotatable bonds is 4. The lowest BCUT2D eigenvalue weighted by Crippen LogP contribution is -2.39. The highest BCUT2D eigenvalue weighted by Crippen LogP contribution is 2.25. The van der Waals surface area contributed by atoms with Crippen LogP contribution < -0.4 is 0 Å². The van der Waals surface area contributed by atoms with Crippen molar-refractivity contribution in [3.05, 3.63) is 34.9 Å². The van der Waals surface area contributed by atoms with Crippen molar-refractivity contribution in [2.75, 3.05) is 13.1 Å². The van der Waals surface area contributed by atoms with Gasteiger partial charge in [0.25, 0.3) is 0 Å². The van der Waals surface area contributed by atoms with E-state index in [4.69, 9.17) is 0 Å². The van der Waals surface area contributed by atoms with Crippen LogP contribution in [0.1, 0.15) is 43.4 Å². The molecule has 0 saturated carbocycles. The minimum Gasteiger partial charge on any atom is -0.300 e. The van der Waals surface area contributed by atoms with Gasteiger partial charge in [-0.25, -0.2) is 0 Å². The van der Waals surface area contributed by atoms with Gasteiger partial charge in [-0.1, -0.05) is 37.6 Å². The molecule has 0 fully saturated rings. The molecule has 0 amide bonds. The third-order valence-corrected chi connectivity index (χ3v) is 4.00. The molecule has 0 bridgehead atoms. The van der Waals surface area contributed by atoms with Crippen molar-refractivity contribution in [1.82, 2.24) is 4.90 Å². The number of hydrogen-bond donors (Lipinski definition) is 0. The fourth-order valence-corrected chi connectivity index (χ4v) is 3.06. The molecule has 0 radical (unpaired) electrons. The van der Waals surface area contributed by atoms with Crippen LogP contribution in [0.4, 0.5) is 0 Å². The van der Waals surface area contributed by atoms with E-state index in [1.54, 1.807) is 11.1 Å². The molecule has 0 spiro atoms. The van der Waals surface area contributed by atoms with Crippen molar-refractivity contribution in [3.63, 3.8) is 0 Å². The topological polar surface area (TPSA) is 3.24 Å². The van der Waals surface area contributed by atoms with Gasteiger partial charge in [0.05, 0.1) is 0 Å². The SMILES string of the molecule is CCCN(CC)C1CCc2cc(C)ccc2C1. The molecule has 1 aliphatic rings. The Bertz CT molecular complexity index is 370. The molecule has 1 heteroatoms. The summed E-state index contributed by atoms with van der Waals surface area (Å²) in [5.74, 6) is 0. The van der Waals surface area contributed by atoms with Gasteiger partial charge in [-0.2, -0.15) is 0 Å². The minimum absolute atomic E-state index is 0.773. The number of benzene rings is 1. The smallest absolute Gasteiger partial charge is 0.0139 e. The van der Waals surface area contributed by atoms with Crippen molar-refractivity contribution in [2.24, 2.45) is 0 Å². The van der Waals surface area contributed by atoms with E-state index in [1.807, 2.05) is 0 Å². The highest BCUT2D eigenvalue weighted by Gasteiger charge is 2.22. The molecule has 1 aromatic rings. The fraction of sp³-hybridized carbons (Fsp3) is 0.625. The molecule has 0 saturated heterocycles. The molecule has 1 aliphatic carbocycles. The van der Waals surface area contributed by atoms with E-state index in [1.165, 1.54) is 44.3 Å². The first-order chi connectivity index (χ1) is 8.24. The molecule has 94 valence electrons. The zero-order valence-electron chi connectivity index (χ0n) is 11.5. The van der Waals surface area contributed by atoms with Crippen LogP contribution >= 0.6 is 0 Å². The van der Waals surface area contributed by atoms with E-state index in [9.17, 15) is 0 Å². The zero-order chi connectivity index (χ0) is 12.3. The minimum atomic E-state index is 0.773. The molecular formula is C16H25N. The quantitative estimate of drug-likeness (QED) is 0.765. The summed E-state index contributed by atoms with van der Waals surface area (Å²) in [6, 6.07) is 7.76. The first-order valence-corrected chi connectivity index (χ1v) is 7.07. The molecule has 2 rings (SSSR count). The second kappa shape index (κ2) is 5.68. The first kappa shape index (κ1) is 12.6. The van der Waals surface area contributed by atoms with Crippen LogP contribution in [-0.2, 0) is 12.8 Å². The van der Waals surface area contributed by atoms with E-state index in [0.717, 1.165) is 6.04 Å². The summed E-state index contributed by atoms with van der Waals surface area (Å²) >= 11 is 0. The van der Waals surface area contributed by atoms with Gasteiger partial charge in [0.2, 0.25) is 0 Å². The Labute approximate surface area is 106 Å². The van der Waals surface area contributed by atoms with E-state index in [2.05, 4.69) is 43.9 Å². The number of fused-ring (bicyclic) bond motifs is 1. The maximum atomic E-state index is 2.66. The molecule has 1 nitrogen and oxygen atoms in total. The van der Waals surface area contributed by atoms with E-state index >= 15 is 0 Å². The van der Waals surface area contributed by atoms with Crippen LogP contribution in [0.25, 0.3) is 0 Å². The van der Waals surface area contributed by atoms with Gasteiger partial charge in [-0.15, -0.1) is 0 Å². The highest BCUT2D eigenvalue weighted by molar-refractivity contribution is 5.34. The molecule has 0 aliphatic heterocycles. The molecule has 0 aromatic heterocycles. The van der Waals surface area contributed by atoms with Gasteiger partial charge in [-0.05, 0) is 56.8 Å². The van der Waals surface area contributed by atoms with Crippen molar-refractivity contribution in [1.29, 1.82) is 0 Å². The fourth-order valence-electron chi connectivity index (χ4n) is 3.06. The molecule has 1 atom stereocenters. The largest absolute Gasteiger partial charge is 0.300 e. The predicted octanol–water partition coefficient (Wildman–Crippen LogP) is 3.58. The Morgan fingerprint density at radius 2 is 2.06 bits per heavy atom. The van der Waals surface area contributed by atoms with E-state index in [-0.39, 0.29) is 0 Å². The lowest BCUT2D eigenvalue weighted by atomic mass is 9.86. The summed E-state index contributed by atoms with van der Waals surface area (Å²) in [6.07, 6.45) is 5.13. The average molecular weight is 231 g/mol. The van der Waals surface area contributed by atoms with Crippen LogP contribution in [0.5, 0.6) is 0 Å². The number of likely N-dealkylation sites (N-methyl/N-ethyl adjacent to an activating group) is 1. The number of nitrogens with zero attached hydrogens (tertiary/aromatic N) is 1. The van der Waals surface area contributed by atoms with Crippen LogP contribution in [0.2, 0.25) is 0 Å². The van der Waals surface area contributed by atoms with Gasteiger partial charge in [0.1, 0.15) is 0 Å². The molecular weight excluding hydrogens is 206 g/mol. The lowest BCUT2D eigenvalue weighted by molar-refractivity contribution is 0.189. The molecule has 0 N–H and O–H groups in total. The molecule has 1 aromatic carbocycles. The van der Waals surface area contributed by atoms with Crippen molar-refractivity contribution < 1.29 is 0 Å². The normalized spacial score (nSPS) is 19.4. The summed E-state index contributed by atoms with van der Waals surface area (Å²) < 4.78 is 0. The molecule has 17 heavy (non-hydrogen) atoms. The monoisotopic (exact) mass is 231 g/mol. The zero-order valence-corrected chi connectivity index (χ0v) is 11.5. The maximum Gasteiger partial charge on any atom is 0.0139 e. The van der Waals surface area contributed by atoms with Crippen molar-refractivity contribution in [2.45, 2.75) is 52.5 Å². The standard InChI is InChI=1S/C16H25N/c1-4-10-17(5-2)16-9-8-14-11-13(3)6-7-15(14)12-16/h6-7,11,16H,4-5,8-10,12H2,1-3H3. The maximum absolute atomic E-state index is 2.66. The Morgan fingerprint density at radius 1 is 1.24 bits per heavy atom. The Kier molecular flexibility index (Phi) is 4.22. The summed E-state index contributed by atoms with van der Waals surface area (Å²) in [4.78, 5) is 2.66. The van der Waals surface area contributed by atoms with Crippen molar-refractivity contribution >= 4 is 0 Å². The summed E-state index contributed by atoms with van der Waals surface area (Å²) in [5.41, 5.74) is 4.58. The number of aryl methyl sites for hydroxylation is 2. The average Bonchev–Trinajstić information content (AvgIpc) is 2.35. The second-order valence-electron chi connectivity index (χ2n) is 5.30. The Balaban J connectivity index is 2.09. The summed E-state index contributed by atoms with van der Waals surface area (Å²) in [7, 11) is 0.